The standard InChI is InChI=1S/2C12H12N4/c2*13-9-1-5-11(6-2-9)15-16-12-7-3-10(14)4-8-12/h2*1-8H,13-14H2. The number of nitrogens with two attached hydrogens (primary N) is 4. The highest BCUT2D eigenvalue weighted by Gasteiger charge is 1.92. The van der Waals surface area contributed by atoms with Gasteiger partial charge in [0, 0.05) is 22.7 Å². The van der Waals surface area contributed by atoms with Crippen molar-refractivity contribution in [2.45, 2.75) is 0 Å². The van der Waals surface area contributed by atoms with E-state index >= 15 is 0 Å². The predicted octanol–water partition coefficient (Wildman–Crippen LogP) is 6.53. The van der Waals surface area contributed by atoms with E-state index in [-0.39, 0.29) is 0 Å². The molecule has 8 heteroatoms. The molecular formula is C24H24N8. The molecule has 32 heavy (non-hydrogen) atoms. The lowest BCUT2D eigenvalue weighted by atomic mass is 10.3. The number of hydrogen-bond acceptors (Lipinski definition) is 8. The first-order valence-corrected chi connectivity index (χ1v) is 9.73. The third-order valence-corrected chi connectivity index (χ3v) is 4.13. The molecule has 0 fully saturated rings. The topological polar surface area (TPSA) is 154 Å². The van der Waals surface area contributed by atoms with E-state index < -0.39 is 0 Å². The molecule has 4 rings (SSSR count). The molecule has 0 spiro atoms. The van der Waals surface area contributed by atoms with Gasteiger partial charge in [-0.15, -0.1) is 0 Å². The zero-order valence-electron chi connectivity index (χ0n) is 17.3. The van der Waals surface area contributed by atoms with E-state index in [1.165, 1.54) is 0 Å². The average Bonchev–Trinajstić information content (AvgIpc) is 2.81. The molecule has 0 unspecified atom stereocenters. The maximum atomic E-state index is 5.56. The van der Waals surface area contributed by atoms with Crippen LogP contribution in [0.25, 0.3) is 0 Å². The summed E-state index contributed by atoms with van der Waals surface area (Å²) in [7, 11) is 0. The largest absolute Gasteiger partial charge is 0.399 e. The van der Waals surface area contributed by atoms with Gasteiger partial charge in [-0.3, -0.25) is 0 Å². The average molecular weight is 425 g/mol. The molecule has 0 atom stereocenters. The van der Waals surface area contributed by atoms with Crippen molar-refractivity contribution in [2.75, 3.05) is 22.9 Å². The van der Waals surface area contributed by atoms with Crippen LogP contribution < -0.4 is 22.9 Å². The molecule has 8 N–H and O–H groups in total. The Labute approximate surface area is 186 Å². The quantitative estimate of drug-likeness (QED) is 0.217. The van der Waals surface area contributed by atoms with Gasteiger partial charge in [0.25, 0.3) is 0 Å². The highest BCUT2D eigenvalue weighted by Crippen LogP contribution is 2.21. The number of nitrogens with zero attached hydrogens (tertiary/aromatic N) is 4. The van der Waals surface area contributed by atoms with Crippen molar-refractivity contribution in [2.24, 2.45) is 20.5 Å². The maximum Gasteiger partial charge on any atom is 0.0858 e. The predicted molar refractivity (Wildman–Crippen MR) is 132 cm³/mol. The van der Waals surface area contributed by atoms with E-state index in [1.807, 2.05) is 48.5 Å². The number of nitrogen functional groups attached to an aromatic ring is 4. The van der Waals surface area contributed by atoms with Crippen LogP contribution in [0, 0.1) is 0 Å². The monoisotopic (exact) mass is 424 g/mol. The van der Waals surface area contributed by atoms with Gasteiger partial charge in [-0.25, -0.2) is 0 Å². The molecule has 8 nitrogen and oxygen atoms in total. The second kappa shape index (κ2) is 10.9. The van der Waals surface area contributed by atoms with E-state index in [1.54, 1.807) is 48.5 Å². The molecule has 0 radical (unpaired) electrons. The molecule has 0 aliphatic carbocycles. The summed E-state index contributed by atoms with van der Waals surface area (Å²) in [5.74, 6) is 0. The van der Waals surface area contributed by atoms with Gasteiger partial charge in [0.2, 0.25) is 0 Å². The van der Waals surface area contributed by atoms with Crippen LogP contribution in [0.3, 0.4) is 0 Å². The molecule has 0 amide bonds. The molecule has 0 bridgehead atoms. The maximum absolute atomic E-state index is 5.56. The number of rotatable bonds is 4. The van der Waals surface area contributed by atoms with Gasteiger partial charge in [0.1, 0.15) is 0 Å². The van der Waals surface area contributed by atoms with Crippen molar-refractivity contribution in [3.8, 4) is 0 Å². The SMILES string of the molecule is Nc1ccc(N=Nc2ccc(N)cc2)cc1.Nc1ccc(N=Nc2ccc(N)cc2)cc1. The van der Waals surface area contributed by atoms with Crippen LogP contribution in [0.5, 0.6) is 0 Å². The Bertz CT molecular complexity index is 973. The molecule has 0 aliphatic rings. The van der Waals surface area contributed by atoms with Crippen molar-refractivity contribution in [3.63, 3.8) is 0 Å². The van der Waals surface area contributed by atoms with Crippen LogP contribution in [0.4, 0.5) is 45.5 Å². The Morgan fingerprint density at radius 1 is 0.281 bits per heavy atom. The Morgan fingerprint density at radius 2 is 0.438 bits per heavy atom. The Morgan fingerprint density at radius 3 is 0.594 bits per heavy atom. The Hall–Kier alpha value is -4.72. The summed E-state index contributed by atoms with van der Waals surface area (Å²) < 4.78 is 0. The van der Waals surface area contributed by atoms with Crippen molar-refractivity contribution in [1.29, 1.82) is 0 Å². The first-order chi connectivity index (χ1) is 15.5. The lowest BCUT2D eigenvalue weighted by molar-refractivity contribution is 1.23. The Balaban J connectivity index is 0.000000181. The zero-order chi connectivity index (χ0) is 22.8. The van der Waals surface area contributed by atoms with Crippen molar-refractivity contribution in [1.82, 2.24) is 0 Å². The molecule has 4 aromatic rings. The summed E-state index contributed by atoms with van der Waals surface area (Å²) in [6.07, 6.45) is 0. The first-order valence-electron chi connectivity index (χ1n) is 9.73. The summed E-state index contributed by atoms with van der Waals surface area (Å²) in [6.45, 7) is 0. The molecule has 0 saturated heterocycles. The van der Waals surface area contributed by atoms with Crippen LogP contribution >= 0.6 is 0 Å². The second-order valence-corrected chi connectivity index (χ2v) is 6.77. The summed E-state index contributed by atoms with van der Waals surface area (Å²) in [4.78, 5) is 0. The summed E-state index contributed by atoms with van der Waals surface area (Å²) in [6, 6.07) is 28.8. The van der Waals surface area contributed by atoms with Crippen molar-refractivity contribution >= 4 is 45.5 Å². The van der Waals surface area contributed by atoms with Gasteiger partial charge in [-0.2, -0.15) is 20.5 Å². The normalized spacial score (nSPS) is 10.8. The van der Waals surface area contributed by atoms with Crippen molar-refractivity contribution < 1.29 is 0 Å². The number of azo groups is 2. The second-order valence-electron chi connectivity index (χ2n) is 6.77. The lowest BCUT2D eigenvalue weighted by Gasteiger charge is -1.95. The van der Waals surface area contributed by atoms with Gasteiger partial charge in [-0.05, 0) is 97.1 Å². The van der Waals surface area contributed by atoms with Gasteiger partial charge >= 0.3 is 0 Å². The van der Waals surface area contributed by atoms with E-state index in [2.05, 4.69) is 20.5 Å². The van der Waals surface area contributed by atoms with E-state index in [4.69, 9.17) is 22.9 Å². The first kappa shape index (κ1) is 22.0. The van der Waals surface area contributed by atoms with Crippen LogP contribution in [-0.4, -0.2) is 0 Å². The fourth-order valence-electron chi connectivity index (χ4n) is 2.39. The van der Waals surface area contributed by atoms with Crippen LogP contribution in [0.2, 0.25) is 0 Å². The van der Waals surface area contributed by atoms with Gasteiger partial charge in [0.05, 0.1) is 22.7 Å². The number of anilines is 4. The van der Waals surface area contributed by atoms with Gasteiger partial charge in [-0.1, -0.05) is 0 Å². The fraction of sp³-hybridized carbons (Fsp3) is 0. The smallest absolute Gasteiger partial charge is 0.0858 e. The van der Waals surface area contributed by atoms with E-state index in [9.17, 15) is 0 Å². The highest BCUT2D eigenvalue weighted by molar-refractivity contribution is 5.51. The summed E-state index contributed by atoms with van der Waals surface area (Å²) >= 11 is 0. The minimum absolute atomic E-state index is 0.714. The summed E-state index contributed by atoms with van der Waals surface area (Å²) in [5.41, 5.74) is 28.2. The fourth-order valence-corrected chi connectivity index (χ4v) is 2.39. The number of benzene rings is 4. The molecular weight excluding hydrogens is 400 g/mol. The highest BCUT2D eigenvalue weighted by atomic mass is 15.1. The van der Waals surface area contributed by atoms with E-state index in [0.717, 1.165) is 22.7 Å². The lowest BCUT2D eigenvalue weighted by Crippen LogP contribution is -1.81. The molecule has 160 valence electrons. The van der Waals surface area contributed by atoms with Gasteiger partial charge in [0.15, 0.2) is 0 Å². The zero-order valence-corrected chi connectivity index (χ0v) is 17.3. The molecule has 0 aromatic heterocycles. The minimum Gasteiger partial charge on any atom is -0.399 e. The molecule has 0 saturated carbocycles. The van der Waals surface area contributed by atoms with Crippen molar-refractivity contribution in [3.05, 3.63) is 97.1 Å². The molecule has 4 aromatic carbocycles. The number of hydrogen-bond donors (Lipinski definition) is 4. The van der Waals surface area contributed by atoms with Crippen LogP contribution in [0.15, 0.2) is 118 Å². The molecule has 0 aliphatic heterocycles. The van der Waals surface area contributed by atoms with Crippen LogP contribution in [-0.2, 0) is 0 Å². The third-order valence-electron chi connectivity index (χ3n) is 4.13. The Kier molecular flexibility index (Phi) is 7.48. The minimum atomic E-state index is 0.714. The third kappa shape index (κ3) is 7.27. The van der Waals surface area contributed by atoms with E-state index in [0.29, 0.717) is 22.7 Å². The van der Waals surface area contributed by atoms with Crippen LogP contribution in [0.1, 0.15) is 0 Å². The molecule has 0 heterocycles. The summed E-state index contributed by atoms with van der Waals surface area (Å²) in [5, 5.41) is 16.3. The van der Waals surface area contributed by atoms with Gasteiger partial charge < -0.3 is 22.9 Å².